The predicted octanol–water partition coefficient (Wildman–Crippen LogP) is 2.92. The fourth-order valence-electron chi connectivity index (χ4n) is 2.61. The standard InChI is InChI=1S/C19H16Cl2N6O3/c1-10-9-15(27(26-10)17-13(21)6-4-8-22-17)18(29)23-14-7-3-5-12(20)16(14)19(30)25-24-11(2)28/h3-9H,1-2H3,(H,23,29)(H,24,28)(H,25,30). The van der Waals surface area contributed by atoms with Crippen LogP contribution in [0, 0.1) is 6.92 Å². The van der Waals surface area contributed by atoms with Crippen molar-refractivity contribution in [2.75, 3.05) is 5.32 Å². The number of anilines is 1. The molecule has 3 N–H and O–H groups in total. The first-order chi connectivity index (χ1) is 14.3. The Bertz CT molecular complexity index is 1150. The predicted molar refractivity (Wildman–Crippen MR) is 112 cm³/mol. The molecule has 0 radical (unpaired) electrons. The summed E-state index contributed by atoms with van der Waals surface area (Å²) < 4.78 is 1.31. The van der Waals surface area contributed by atoms with Gasteiger partial charge in [0, 0.05) is 13.1 Å². The molecule has 3 aromatic rings. The maximum absolute atomic E-state index is 13.0. The highest BCUT2D eigenvalue weighted by Crippen LogP contribution is 2.26. The van der Waals surface area contributed by atoms with Gasteiger partial charge in [-0.25, -0.2) is 9.67 Å². The van der Waals surface area contributed by atoms with Gasteiger partial charge in [-0.3, -0.25) is 25.2 Å². The minimum atomic E-state index is -0.691. The second-order valence-corrected chi connectivity index (χ2v) is 6.96. The van der Waals surface area contributed by atoms with E-state index in [4.69, 9.17) is 23.2 Å². The van der Waals surface area contributed by atoms with E-state index in [-0.39, 0.29) is 27.8 Å². The summed E-state index contributed by atoms with van der Waals surface area (Å²) in [6, 6.07) is 9.42. The molecule has 0 aliphatic rings. The van der Waals surface area contributed by atoms with Gasteiger partial charge in [0.2, 0.25) is 5.91 Å². The van der Waals surface area contributed by atoms with Crippen molar-refractivity contribution in [3.63, 3.8) is 0 Å². The smallest absolute Gasteiger partial charge is 0.274 e. The average molecular weight is 447 g/mol. The quantitative estimate of drug-likeness (QED) is 0.532. The lowest BCUT2D eigenvalue weighted by molar-refractivity contribution is -0.119. The highest BCUT2D eigenvalue weighted by atomic mass is 35.5. The Labute approximate surface area is 181 Å². The van der Waals surface area contributed by atoms with Crippen LogP contribution in [0.1, 0.15) is 33.5 Å². The molecule has 2 heterocycles. The summed E-state index contributed by atoms with van der Waals surface area (Å²) in [5.41, 5.74) is 5.25. The van der Waals surface area contributed by atoms with E-state index in [1.807, 2.05) is 0 Å². The Morgan fingerprint density at radius 3 is 2.43 bits per heavy atom. The van der Waals surface area contributed by atoms with Crippen LogP contribution in [0.15, 0.2) is 42.6 Å². The van der Waals surface area contributed by atoms with Gasteiger partial charge in [0.25, 0.3) is 11.8 Å². The Morgan fingerprint density at radius 1 is 1.00 bits per heavy atom. The Morgan fingerprint density at radius 2 is 1.73 bits per heavy atom. The van der Waals surface area contributed by atoms with E-state index in [0.717, 1.165) is 0 Å². The van der Waals surface area contributed by atoms with Crippen LogP contribution in [0.5, 0.6) is 0 Å². The maximum Gasteiger partial charge on any atom is 0.274 e. The largest absolute Gasteiger partial charge is 0.320 e. The fourth-order valence-corrected chi connectivity index (χ4v) is 3.07. The molecule has 0 saturated heterocycles. The number of aryl methyl sites for hydroxylation is 1. The highest BCUT2D eigenvalue weighted by Gasteiger charge is 2.22. The molecule has 0 aliphatic heterocycles. The van der Waals surface area contributed by atoms with Crippen LogP contribution in [-0.2, 0) is 4.79 Å². The van der Waals surface area contributed by atoms with Crippen LogP contribution >= 0.6 is 23.2 Å². The molecule has 3 rings (SSSR count). The fraction of sp³-hybridized carbons (Fsp3) is 0.105. The van der Waals surface area contributed by atoms with Crippen LogP contribution in [0.2, 0.25) is 10.0 Å². The van der Waals surface area contributed by atoms with Crippen molar-refractivity contribution in [2.24, 2.45) is 0 Å². The Hall–Kier alpha value is -3.43. The van der Waals surface area contributed by atoms with Crippen LogP contribution < -0.4 is 16.2 Å². The van der Waals surface area contributed by atoms with Crippen molar-refractivity contribution >= 4 is 46.6 Å². The van der Waals surface area contributed by atoms with E-state index < -0.39 is 17.7 Å². The molecule has 0 spiro atoms. The molecule has 1 aromatic carbocycles. The van der Waals surface area contributed by atoms with E-state index >= 15 is 0 Å². The van der Waals surface area contributed by atoms with Crippen LogP contribution in [0.4, 0.5) is 5.69 Å². The summed E-state index contributed by atoms with van der Waals surface area (Å²) in [5.74, 6) is -1.43. The molecule has 30 heavy (non-hydrogen) atoms. The molecular weight excluding hydrogens is 431 g/mol. The number of pyridine rings is 1. The summed E-state index contributed by atoms with van der Waals surface area (Å²) in [6.07, 6.45) is 1.53. The minimum Gasteiger partial charge on any atom is -0.320 e. The van der Waals surface area contributed by atoms with Crippen molar-refractivity contribution in [1.82, 2.24) is 25.6 Å². The van der Waals surface area contributed by atoms with Crippen LogP contribution in [-0.4, -0.2) is 32.5 Å². The SMILES string of the molecule is CC(=O)NNC(=O)c1c(Cl)cccc1NC(=O)c1cc(C)nn1-c1ncccc1Cl. The molecule has 0 atom stereocenters. The third-order valence-electron chi connectivity index (χ3n) is 3.84. The number of benzene rings is 1. The zero-order valence-corrected chi connectivity index (χ0v) is 17.4. The molecule has 2 aromatic heterocycles. The van der Waals surface area contributed by atoms with E-state index in [1.54, 1.807) is 31.2 Å². The third-order valence-corrected chi connectivity index (χ3v) is 4.45. The molecule has 0 aliphatic carbocycles. The number of hydrazine groups is 1. The molecule has 3 amide bonds. The zero-order chi connectivity index (χ0) is 21.8. The third kappa shape index (κ3) is 4.58. The molecule has 0 bridgehead atoms. The van der Waals surface area contributed by atoms with Gasteiger partial charge in [0.05, 0.1) is 27.0 Å². The van der Waals surface area contributed by atoms with Gasteiger partial charge < -0.3 is 5.32 Å². The minimum absolute atomic E-state index is 0.0140. The van der Waals surface area contributed by atoms with Crippen LogP contribution in [0.25, 0.3) is 5.82 Å². The number of nitrogens with zero attached hydrogens (tertiary/aromatic N) is 3. The molecule has 0 fully saturated rings. The van der Waals surface area contributed by atoms with Crippen molar-refractivity contribution in [3.05, 3.63) is 69.6 Å². The number of hydrogen-bond donors (Lipinski definition) is 3. The summed E-state index contributed by atoms with van der Waals surface area (Å²) in [4.78, 5) is 40.7. The lowest BCUT2D eigenvalue weighted by Crippen LogP contribution is -2.40. The molecule has 11 heteroatoms. The number of halogens is 2. The zero-order valence-electron chi connectivity index (χ0n) is 15.9. The second-order valence-electron chi connectivity index (χ2n) is 6.14. The van der Waals surface area contributed by atoms with Crippen molar-refractivity contribution < 1.29 is 14.4 Å². The summed E-state index contributed by atoms with van der Waals surface area (Å²) in [5, 5.41) is 7.34. The van der Waals surface area contributed by atoms with Crippen molar-refractivity contribution in [2.45, 2.75) is 13.8 Å². The number of carbonyl (C=O) groups is 3. The van der Waals surface area contributed by atoms with E-state index in [2.05, 4.69) is 26.3 Å². The Balaban J connectivity index is 1.95. The summed E-state index contributed by atoms with van der Waals surface area (Å²) >= 11 is 12.3. The number of rotatable bonds is 4. The summed E-state index contributed by atoms with van der Waals surface area (Å²) in [6.45, 7) is 2.96. The lowest BCUT2D eigenvalue weighted by atomic mass is 10.1. The number of amides is 3. The first-order valence-corrected chi connectivity index (χ1v) is 9.38. The maximum atomic E-state index is 13.0. The van der Waals surface area contributed by atoms with E-state index in [1.165, 1.54) is 29.9 Å². The molecule has 154 valence electrons. The van der Waals surface area contributed by atoms with E-state index in [0.29, 0.717) is 10.7 Å². The summed E-state index contributed by atoms with van der Waals surface area (Å²) in [7, 11) is 0. The normalized spacial score (nSPS) is 10.4. The molecule has 0 saturated carbocycles. The van der Waals surface area contributed by atoms with Gasteiger partial charge in [-0.15, -0.1) is 0 Å². The van der Waals surface area contributed by atoms with Crippen molar-refractivity contribution in [1.29, 1.82) is 0 Å². The topological polar surface area (TPSA) is 118 Å². The number of carbonyl (C=O) groups excluding carboxylic acids is 3. The van der Waals surface area contributed by atoms with Gasteiger partial charge >= 0.3 is 0 Å². The van der Waals surface area contributed by atoms with Crippen LogP contribution in [0.3, 0.4) is 0 Å². The van der Waals surface area contributed by atoms with Gasteiger partial charge in [-0.2, -0.15) is 5.10 Å². The molecule has 0 unspecified atom stereocenters. The van der Waals surface area contributed by atoms with Gasteiger partial charge in [-0.1, -0.05) is 29.3 Å². The first kappa shape index (κ1) is 21.3. The first-order valence-electron chi connectivity index (χ1n) is 8.62. The van der Waals surface area contributed by atoms with Gasteiger partial charge in [0.15, 0.2) is 5.82 Å². The second kappa shape index (κ2) is 8.93. The highest BCUT2D eigenvalue weighted by molar-refractivity contribution is 6.35. The monoisotopic (exact) mass is 446 g/mol. The van der Waals surface area contributed by atoms with Gasteiger partial charge in [-0.05, 0) is 37.3 Å². The molecule has 9 nitrogen and oxygen atoms in total. The van der Waals surface area contributed by atoms with E-state index in [9.17, 15) is 14.4 Å². The number of nitrogens with one attached hydrogen (secondary N) is 3. The number of hydrogen-bond acceptors (Lipinski definition) is 5. The van der Waals surface area contributed by atoms with Gasteiger partial charge in [0.1, 0.15) is 5.69 Å². The Kier molecular flexibility index (Phi) is 6.34. The lowest BCUT2D eigenvalue weighted by Gasteiger charge is -2.13. The molecular formula is C19H16Cl2N6O3. The average Bonchev–Trinajstić information content (AvgIpc) is 3.08. The van der Waals surface area contributed by atoms with Crippen molar-refractivity contribution in [3.8, 4) is 5.82 Å². The number of aromatic nitrogens is 3.